The topological polar surface area (TPSA) is 41.1 Å². The zero-order chi connectivity index (χ0) is 16.1. The highest BCUT2D eigenvalue weighted by Gasteiger charge is 2.14. The molecule has 0 radical (unpaired) electrons. The highest BCUT2D eigenvalue weighted by Crippen LogP contribution is 2.19. The fourth-order valence-electron chi connectivity index (χ4n) is 1.57. The van der Waals surface area contributed by atoms with Gasteiger partial charge in [-0.25, -0.2) is 18.0 Å². The van der Waals surface area contributed by atoms with E-state index in [1.54, 1.807) is 6.08 Å². The van der Waals surface area contributed by atoms with Crippen LogP contribution in [-0.2, 0) is 0 Å². The van der Waals surface area contributed by atoms with Crippen LogP contribution < -0.4 is 10.6 Å². The molecule has 2 aromatic rings. The summed E-state index contributed by atoms with van der Waals surface area (Å²) in [6.07, 6.45) is 2.96. The number of rotatable bonds is 3. The van der Waals surface area contributed by atoms with Crippen molar-refractivity contribution in [2.75, 3.05) is 5.32 Å². The average Bonchev–Trinajstić information content (AvgIpc) is 2.50. The lowest BCUT2D eigenvalue weighted by Gasteiger charge is -2.06. The van der Waals surface area contributed by atoms with Crippen molar-refractivity contribution in [1.82, 2.24) is 5.32 Å². The molecule has 22 heavy (non-hydrogen) atoms. The number of benzene rings is 2. The van der Waals surface area contributed by atoms with E-state index in [4.69, 9.17) is 0 Å². The molecule has 2 N–H and O–H groups in total. The number of carbonyl (C=O) groups is 1. The third-order valence-electron chi connectivity index (χ3n) is 2.64. The molecule has 0 atom stereocenters. The fraction of sp³-hybridized carbons (Fsp3) is 0. The number of anilines is 1. The highest BCUT2D eigenvalue weighted by atomic mass is 79.9. The van der Waals surface area contributed by atoms with Gasteiger partial charge in [0, 0.05) is 10.7 Å². The Bertz CT molecular complexity index is 717. The molecule has 0 heterocycles. The lowest BCUT2D eigenvalue weighted by atomic mass is 10.2. The lowest BCUT2D eigenvalue weighted by Crippen LogP contribution is -2.24. The van der Waals surface area contributed by atoms with Gasteiger partial charge in [0.05, 0.1) is 5.69 Å². The number of urea groups is 1. The van der Waals surface area contributed by atoms with Crippen molar-refractivity contribution in [2.45, 2.75) is 0 Å². The minimum absolute atomic E-state index is 0.451. The first-order valence-electron chi connectivity index (χ1n) is 6.10. The molecule has 0 aliphatic carbocycles. The SMILES string of the molecule is O=C(N/C=C/c1ccc(Br)cc1)Nc1ccc(F)c(F)c1F. The maximum Gasteiger partial charge on any atom is 0.323 e. The minimum atomic E-state index is -1.64. The minimum Gasteiger partial charge on any atom is -0.314 e. The van der Waals surface area contributed by atoms with Crippen LogP contribution in [0.15, 0.2) is 47.1 Å². The Morgan fingerprint density at radius 1 is 1.00 bits per heavy atom. The molecule has 0 aliphatic heterocycles. The Morgan fingerprint density at radius 2 is 1.68 bits per heavy atom. The molecule has 2 rings (SSSR count). The van der Waals surface area contributed by atoms with Gasteiger partial charge in [0.2, 0.25) is 0 Å². The highest BCUT2D eigenvalue weighted by molar-refractivity contribution is 9.10. The number of halogens is 4. The maximum absolute atomic E-state index is 13.4. The monoisotopic (exact) mass is 370 g/mol. The molecule has 7 heteroatoms. The predicted octanol–water partition coefficient (Wildman–Crippen LogP) is 4.66. The third-order valence-corrected chi connectivity index (χ3v) is 3.17. The quantitative estimate of drug-likeness (QED) is 0.758. The Labute approximate surface area is 133 Å². The Morgan fingerprint density at radius 3 is 2.36 bits per heavy atom. The number of nitrogens with one attached hydrogen (secondary N) is 2. The molecule has 114 valence electrons. The molecular formula is C15H10BrF3N2O. The molecule has 0 saturated carbocycles. The normalized spacial score (nSPS) is 10.7. The van der Waals surface area contributed by atoms with Crippen molar-refractivity contribution in [3.63, 3.8) is 0 Å². The van der Waals surface area contributed by atoms with E-state index >= 15 is 0 Å². The van der Waals surface area contributed by atoms with E-state index in [-0.39, 0.29) is 0 Å². The fourth-order valence-corrected chi connectivity index (χ4v) is 1.83. The smallest absolute Gasteiger partial charge is 0.314 e. The van der Waals surface area contributed by atoms with Crippen LogP contribution in [0.25, 0.3) is 6.08 Å². The van der Waals surface area contributed by atoms with Gasteiger partial charge in [0.15, 0.2) is 17.5 Å². The summed E-state index contributed by atoms with van der Waals surface area (Å²) in [5.41, 5.74) is 0.385. The van der Waals surface area contributed by atoms with Gasteiger partial charge in [-0.15, -0.1) is 0 Å². The number of amides is 2. The number of hydrogen-bond donors (Lipinski definition) is 2. The zero-order valence-corrected chi connectivity index (χ0v) is 12.6. The van der Waals surface area contributed by atoms with Gasteiger partial charge >= 0.3 is 6.03 Å². The molecule has 2 amide bonds. The molecule has 0 aromatic heterocycles. The Hall–Kier alpha value is -2.28. The summed E-state index contributed by atoms with van der Waals surface area (Å²) in [4.78, 5) is 11.5. The molecule has 0 saturated heterocycles. The first kappa shape index (κ1) is 16.1. The van der Waals surface area contributed by atoms with E-state index in [1.807, 2.05) is 24.3 Å². The van der Waals surface area contributed by atoms with Gasteiger partial charge in [-0.2, -0.15) is 0 Å². The molecular weight excluding hydrogens is 361 g/mol. The average molecular weight is 371 g/mol. The summed E-state index contributed by atoms with van der Waals surface area (Å²) in [5.74, 6) is -4.41. The zero-order valence-electron chi connectivity index (χ0n) is 11.0. The lowest BCUT2D eigenvalue weighted by molar-refractivity contribution is 0.255. The number of hydrogen-bond acceptors (Lipinski definition) is 1. The number of carbonyl (C=O) groups excluding carboxylic acids is 1. The van der Waals surface area contributed by atoms with Crippen LogP contribution in [0.5, 0.6) is 0 Å². The predicted molar refractivity (Wildman–Crippen MR) is 81.6 cm³/mol. The van der Waals surface area contributed by atoms with E-state index in [0.29, 0.717) is 0 Å². The Kier molecular flexibility index (Phi) is 5.21. The van der Waals surface area contributed by atoms with Crippen LogP contribution in [0.4, 0.5) is 23.7 Å². The van der Waals surface area contributed by atoms with Crippen LogP contribution in [0.3, 0.4) is 0 Å². The summed E-state index contributed by atoms with van der Waals surface area (Å²) >= 11 is 3.29. The van der Waals surface area contributed by atoms with E-state index < -0.39 is 29.2 Å². The van der Waals surface area contributed by atoms with Crippen LogP contribution in [0, 0.1) is 17.5 Å². The summed E-state index contributed by atoms with van der Waals surface area (Å²) in [6.45, 7) is 0. The van der Waals surface area contributed by atoms with Crippen molar-refractivity contribution in [3.8, 4) is 0 Å². The van der Waals surface area contributed by atoms with E-state index in [0.717, 1.165) is 22.2 Å². The van der Waals surface area contributed by atoms with Gasteiger partial charge in [-0.3, -0.25) is 0 Å². The van der Waals surface area contributed by atoms with Crippen molar-refractivity contribution in [2.24, 2.45) is 0 Å². The first-order valence-corrected chi connectivity index (χ1v) is 6.90. The van der Waals surface area contributed by atoms with E-state index in [1.165, 1.54) is 6.20 Å². The third kappa shape index (κ3) is 4.11. The molecule has 0 spiro atoms. The van der Waals surface area contributed by atoms with Crippen molar-refractivity contribution < 1.29 is 18.0 Å². The van der Waals surface area contributed by atoms with Gasteiger partial charge in [-0.05, 0) is 35.9 Å². The van der Waals surface area contributed by atoms with Crippen LogP contribution in [-0.4, -0.2) is 6.03 Å². The molecule has 2 aromatic carbocycles. The summed E-state index contributed by atoms with van der Waals surface area (Å²) in [5, 5.41) is 4.41. The van der Waals surface area contributed by atoms with Crippen LogP contribution >= 0.6 is 15.9 Å². The van der Waals surface area contributed by atoms with E-state index in [9.17, 15) is 18.0 Å². The largest absolute Gasteiger partial charge is 0.323 e. The van der Waals surface area contributed by atoms with E-state index in [2.05, 4.69) is 26.6 Å². The second kappa shape index (κ2) is 7.13. The molecule has 0 aliphatic rings. The van der Waals surface area contributed by atoms with Crippen molar-refractivity contribution in [3.05, 3.63) is 70.1 Å². The second-order valence-corrected chi connectivity index (χ2v) is 5.12. The van der Waals surface area contributed by atoms with Gasteiger partial charge < -0.3 is 10.6 Å². The van der Waals surface area contributed by atoms with Crippen LogP contribution in [0.1, 0.15) is 5.56 Å². The van der Waals surface area contributed by atoms with Crippen molar-refractivity contribution >= 4 is 33.7 Å². The summed E-state index contributed by atoms with van der Waals surface area (Å²) < 4.78 is 40.1. The maximum atomic E-state index is 13.4. The van der Waals surface area contributed by atoms with Gasteiger partial charge in [-0.1, -0.05) is 28.1 Å². The van der Waals surface area contributed by atoms with Gasteiger partial charge in [0.1, 0.15) is 0 Å². The first-order chi connectivity index (χ1) is 10.5. The molecule has 3 nitrogen and oxygen atoms in total. The van der Waals surface area contributed by atoms with Gasteiger partial charge in [0.25, 0.3) is 0 Å². The van der Waals surface area contributed by atoms with Crippen LogP contribution in [0.2, 0.25) is 0 Å². The standard InChI is InChI=1S/C15H10BrF3N2O/c16-10-3-1-9(2-4-10)7-8-20-15(22)21-12-6-5-11(17)13(18)14(12)19/h1-8H,(H2,20,21,22)/b8-7+. The van der Waals surface area contributed by atoms with Crippen molar-refractivity contribution in [1.29, 1.82) is 0 Å². The molecule has 0 fully saturated rings. The molecule has 0 bridgehead atoms. The Balaban J connectivity index is 1.96. The molecule has 0 unspecified atom stereocenters. The summed E-state index contributed by atoms with van der Waals surface area (Å²) in [7, 11) is 0. The summed E-state index contributed by atoms with van der Waals surface area (Å²) in [6, 6.07) is 8.17. The second-order valence-electron chi connectivity index (χ2n) is 4.21.